The highest BCUT2D eigenvalue weighted by atomic mass is 35.5. The Morgan fingerprint density at radius 2 is 1.93 bits per heavy atom. The molecule has 30 heavy (non-hydrogen) atoms. The maximum Gasteiger partial charge on any atom is 0.166 e. The minimum absolute atomic E-state index is 0.231. The molecule has 0 atom stereocenters. The van der Waals surface area contributed by atoms with Gasteiger partial charge in [-0.2, -0.15) is 0 Å². The van der Waals surface area contributed by atoms with E-state index in [2.05, 4.69) is 9.97 Å². The highest BCUT2D eigenvalue weighted by Crippen LogP contribution is 2.38. The first-order valence-electron chi connectivity index (χ1n) is 9.00. The molecule has 0 amide bonds. The number of pyridine rings is 1. The molecular weight excluding hydrogens is 441 g/mol. The molecule has 0 aliphatic heterocycles. The Kier molecular flexibility index (Phi) is 6.32. The van der Waals surface area contributed by atoms with Gasteiger partial charge in [-0.15, -0.1) is 11.8 Å². The van der Waals surface area contributed by atoms with Gasteiger partial charge in [0.25, 0.3) is 0 Å². The van der Waals surface area contributed by atoms with Gasteiger partial charge >= 0.3 is 0 Å². The molecule has 2 N–H and O–H groups in total. The molecule has 2 heterocycles. The number of benzene rings is 2. The smallest absolute Gasteiger partial charge is 0.166 e. The number of halogens is 2. The van der Waals surface area contributed by atoms with Crippen LogP contribution in [0, 0.1) is 5.82 Å². The second-order valence-electron chi connectivity index (χ2n) is 6.39. The van der Waals surface area contributed by atoms with Crippen LogP contribution in [0.15, 0.2) is 70.8 Å². The van der Waals surface area contributed by atoms with Gasteiger partial charge < -0.3 is 10.1 Å². The second kappa shape index (κ2) is 9.12. The zero-order valence-electron chi connectivity index (χ0n) is 15.9. The molecule has 2 aromatic carbocycles. The van der Waals surface area contributed by atoms with Crippen molar-refractivity contribution in [1.82, 2.24) is 15.0 Å². The molecule has 4 rings (SSSR count). The summed E-state index contributed by atoms with van der Waals surface area (Å²) in [6.45, 7) is 0. The van der Waals surface area contributed by atoms with Gasteiger partial charge in [0.1, 0.15) is 17.3 Å². The number of aromatic amines is 1. The van der Waals surface area contributed by atoms with E-state index in [1.165, 1.54) is 35.7 Å². The van der Waals surface area contributed by atoms with Crippen molar-refractivity contribution in [3.05, 3.63) is 77.2 Å². The Morgan fingerprint density at radius 1 is 1.13 bits per heavy atom. The van der Waals surface area contributed by atoms with Crippen molar-refractivity contribution < 1.29 is 9.50 Å². The van der Waals surface area contributed by atoms with Crippen LogP contribution in [0.4, 0.5) is 4.39 Å². The van der Waals surface area contributed by atoms with E-state index in [4.69, 9.17) is 16.6 Å². The maximum atomic E-state index is 13.4. The lowest BCUT2D eigenvalue weighted by Gasteiger charge is -2.08. The highest BCUT2D eigenvalue weighted by Gasteiger charge is 2.17. The molecule has 0 bridgehead atoms. The molecule has 4 aromatic rings. The van der Waals surface area contributed by atoms with Crippen LogP contribution in [0.25, 0.3) is 22.6 Å². The van der Waals surface area contributed by atoms with Crippen LogP contribution in [-0.2, 0) is 5.75 Å². The molecule has 2 aromatic heterocycles. The molecular formula is C22H17ClFN3OS2. The Bertz CT molecular complexity index is 1170. The van der Waals surface area contributed by atoms with Gasteiger partial charge in [-0.3, -0.25) is 4.98 Å². The van der Waals surface area contributed by atoms with Crippen LogP contribution in [0.3, 0.4) is 0 Å². The number of nitrogens with one attached hydrogen (secondary N) is 1. The molecule has 152 valence electrons. The molecule has 0 unspecified atom stereocenters. The number of hydrogen-bond donors (Lipinski definition) is 2. The van der Waals surface area contributed by atoms with Crippen LogP contribution >= 0.6 is 35.1 Å². The summed E-state index contributed by atoms with van der Waals surface area (Å²) in [5, 5.41) is 11.7. The summed E-state index contributed by atoms with van der Waals surface area (Å²) >= 11 is 9.08. The molecule has 0 aliphatic rings. The maximum absolute atomic E-state index is 13.4. The van der Waals surface area contributed by atoms with Gasteiger partial charge in [-0.25, -0.2) is 9.37 Å². The van der Waals surface area contributed by atoms with E-state index in [0.29, 0.717) is 21.6 Å². The number of hydrogen-bond acceptors (Lipinski definition) is 5. The lowest BCUT2D eigenvalue weighted by molar-refractivity contribution is 0.457. The number of imidazole rings is 1. The Morgan fingerprint density at radius 3 is 2.63 bits per heavy atom. The van der Waals surface area contributed by atoms with Gasteiger partial charge in [0, 0.05) is 28.1 Å². The van der Waals surface area contributed by atoms with Crippen molar-refractivity contribution >= 4 is 35.1 Å². The predicted molar refractivity (Wildman–Crippen MR) is 122 cm³/mol. The largest absolute Gasteiger partial charge is 0.506 e. The second-order valence-corrected chi connectivity index (χ2v) is 8.64. The van der Waals surface area contributed by atoms with Crippen molar-refractivity contribution in [2.24, 2.45) is 0 Å². The summed E-state index contributed by atoms with van der Waals surface area (Å²) in [7, 11) is 0. The Hall–Kier alpha value is -2.48. The third kappa shape index (κ3) is 4.48. The number of nitrogens with zero attached hydrogens (tertiary/aromatic N) is 2. The average molecular weight is 458 g/mol. The Labute approximate surface area is 186 Å². The molecule has 0 saturated heterocycles. The first-order chi connectivity index (χ1) is 14.5. The summed E-state index contributed by atoms with van der Waals surface area (Å²) < 4.78 is 13.4. The average Bonchev–Trinajstić information content (AvgIpc) is 3.19. The van der Waals surface area contributed by atoms with Crippen molar-refractivity contribution in [3.63, 3.8) is 0 Å². The number of phenols is 1. The molecule has 0 aliphatic carbocycles. The molecule has 0 spiro atoms. The zero-order chi connectivity index (χ0) is 21.1. The van der Waals surface area contributed by atoms with Gasteiger partial charge in [0.05, 0.1) is 16.3 Å². The van der Waals surface area contributed by atoms with Crippen molar-refractivity contribution in [2.45, 2.75) is 15.8 Å². The van der Waals surface area contributed by atoms with E-state index in [0.717, 1.165) is 27.4 Å². The molecule has 0 fully saturated rings. The van der Waals surface area contributed by atoms with Crippen molar-refractivity contribution in [2.75, 3.05) is 6.26 Å². The van der Waals surface area contributed by atoms with Crippen LogP contribution in [0.2, 0.25) is 5.02 Å². The lowest BCUT2D eigenvalue weighted by atomic mass is 10.1. The van der Waals surface area contributed by atoms with Crippen LogP contribution < -0.4 is 0 Å². The zero-order valence-corrected chi connectivity index (χ0v) is 18.3. The molecule has 0 radical (unpaired) electrons. The minimum atomic E-state index is -0.298. The lowest BCUT2D eigenvalue weighted by Crippen LogP contribution is -1.87. The number of rotatable bonds is 6. The normalized spacial score (nSPS) is 11.0. The fraction of sp³-hybridized carbons (Fsp3) is 0.0909. The topological polar surface area (TPSA) is 61.8 Å². The monoisotopic (exact) mass is 457 g/mol. The van der Waals surface area contributed by atoms with E-state index in [-0.39, 0.29) is 11.6 Å². The van der Waals surface area contributed by atoms with E-state index < -0.39 is 0 Å². The summed E-state index contributed by atoms with van der Waals surface area (Å²) in [5.74, 6) is 0.417. The van der Waals surface area contributed by atoms with Crippen molar-refractivity contribution in [3.8, 4) is 28.4 Å². The third-order valence-electron chi connectivity index (χ3n) is 4.43. The van der Waals surface area contributed by atoms with Gasteiger partial charge in [-0.05, 0) is 54.8 Å². The number of aromatic hydroxyl groups is 1. The van der Waals surface area contributed by atoms with Crippen molar-refractivity contribution in [1.29, 1.82) is 0 Å². The van der Waals surface area contributed by atoms with Gasteiger partial charge in [0.2, 0.25) is 0 Å². The quantitative estimate of drug-likeness (QED) is 0.317. The molecule has 8 heteroatoms. The van der Waals surface area contributed by atoms with Gasteiger partial charge in [-0.1, -0.05) is 29.4 Å². The minimum Gasteiger partial charge on any atom is -0.506 e. The number of thioether (sulfide) groups is 2. The highest BCUT2D eigenvalue weighted by molar-refractivity contribution is 7.99. The number of H-pyrrole nitrogens is 1. The van der Waals surface area contributed by atoms with E-state index in [9.17, 15) is 9.50 Å². The third-order valence-corrected chi connectivity index (χ3v) is 6.32. The standard InChI is InChI=1S/C22H17ClFN3OS2/c1-29-18-11-15(23)10-14(21(18)28)12-30-22-26-19(13-5-7-16(24)8-6-13)20(27-22)17-4-2-3-9-25-17/h2-11,28H,12H2,1H3,(H,26,27). The number of phenolic OH excluding ortho intramolecular Hbond substituents is 1. The summed E-state index contributed by atoms with van der Waals surface area (Å²) in [6.07, 6.45) is 3.60. The van der Waals surface area contributed by atoms with Crippen LogP contribution in [0.5, 0.6) is 5.75 Å². The first-order valence-corrected chi connectivity index (χ1v) is 11.6. The van der Waals surface area contributed by atoms with Gasteiger partial charge in [0.15, 0.2) is 5.16 Å². The summed E-state index contributed by atoms with van der Waals surface area (Å²) in [4.78, 5) is 13.2. The van der Waals surface area contributed by atoms with E-state index in [1.54, 1.807) is 30.5 Å². The first kappa shape index (κ1) is 20.8. The summed E-state index contributed by atoms with van der Waals surface area (Å²) in [6, 6.07) is 15.4. The van der Waals surface area contributed by atoms with Crippen LogP contribution in [-0.4, -0.2) is 26.3 Å². The molecule has 4 nitrogen and oxygen atoms in total. The predicted octanol–water partition coefficient (Wildman–Crippen LogP) is 6.65. The van der Waals surface area contributed by atoms with E-state index >= 15 is 0 Å². The SMILES string of the molecule is CSc1cc(Cl)cc(CSc2nc(-c3ccccn3)c(-c3ccc(F)cc3)[nH]2)c1O. The Balaban J connectivity index is 1.68. The van der Waals surface area contributed by atoms with E-state index in [1.807, 2.05) is 24.5 Å². The van der Waals surface area contributed by atoms with Crippen LogP contribution in [0.1, 0.15) is 5.56 Å². The number of aromatic nitrogens is 3. The molecule has 0 saturated carbocycles. The summed E-state index contributed by atoms with van der Waals surface area (Å²) in [5.41, 5.74) is 3.71. The fourth-order valence-corrected chi connectivity index (χ4v) is 4.69. The fourth-order valence-electron chi connectivity index (χ4n) is 2.97.